The number of allylic oxidation sites excluding steroid dienone is 1. The van der Waals surface area contributed by atoms with Crippen LogP contribution in [0.2, 0.25) is 0 Å². The zero-order valence-electron chi connectivity index (χ0n) is 19.2. The van der Waals surface area contributed by atoms with E-state index in [1.807, 2.05) is 24.3 Å². The second-order valence-corrected chi connectivity index (χ2v) is 11.0. The summed E-state index contributed by atoms with van der Waals surface area (Å²) in [5.41, 5.74) is 1.51. The van der Waals surface area contributed by atoms with Gasteiger partial charge in [-0.2, -0.15) is 0 Å². The maximum absolute atomic E-state index is 13.7. The summed E-state index contributed by atoms with van der Waals surface area (Å²) in [6.45, 7) is 7.49. The molecule has 0 bridgehead atoms. The van der Waals surface area contributed by atoms with Gasteiger partial charge < -0.3 is 9.84 Å². The quantitative estimate of drug-likeness (QED) is 0.713. The highest BCUT2D eigenvalue weighted by molar-refractivity contribution is 7.19. The number of rotatable bonds is 4. The molecule has 2 aromatic rings. The molecule has 3 heterocycles. The molecular weight excluding hydrogens is 420 g/mol. The molecule has 1 aromatic carbocycles. The topological polar surface area (TPSA) is 62.7 Å². The Balaban J connectivity index is 1.45. The Kier molecular flexibility index (Phi) is 6.12. The van der Waals surface area contributed by atoms with Crippen LogP contribution in [0.15, 0.2) is 30.5 Å². The van der Waals surface area contributed by atoms with E-state index in [9.17, 15) is 9.90 Å². The molecule has 1 aliphatic carbocycles. The van der Waals surface area contributed by atoms with Gasteiger partial charge in [-0.1, -0.05) is 31.9 Å². The third kappa shape index (κ3) is 3.80. The van der Waals surface area contributed by atoms with E-state index < -0.39 is 6.10 Å². The van der Waals surface area contributed by atoms with Crippen molar-refractivity contribution in [1.82, 2.24) is 9.88 Å². The van der Waals surface area contributed by atoms with E-state index in [1.165, 1.54) is 19.3 Å². The number of likely N-dealkylation sites (tertiary alicyclic amines) is 1. The SMILES string of the molecule is CCC1CC2C(=O)C(c3nc4ccccc4s3)=COC2C(CN2C(C)CCCC2C)C1O. The van der Waals surface area contributed by atoms with Gasteiger partial charge in [-0.05, 0) is 51.2 Å². The van der Waals surface area contributed by atoms with Crippen LogP contribution in [-0.4, -0.2) is 51.6 Å². The van der Waals surface area contributed by atoms with Crippen LogP contribution in [0.1, 0.15) is 57.9 Å². The Bertz CT molecular complexity index is 974. The van der Waals surface area contributed by atoms with Crippen molar-refractivity contribution < 1.29 is 14.6 Å². The molecule has 6 heteroatoms. The van der Waals surface area contributed by atoms with E-state index in [2.05, 4.69) is 25.7 Å². The van der Waals surface area contributed by atoms with Crippen LogP contribution in [0.3, 0.4) is 0 Å². The van der Waals surface area contributed by atoms with Crippen molar-refractivity contribution in [3.63, 3.8) is 0 Å². The van der Waals surface area contributed by atoms with Gasteiger partial charge in [0.1, 0.15) is 11.1 Å². The zero-order valence-corrected chi connectivity index (χ0v) is 20.1. The predicted molar refractivity (Wildman–Crippen MR) is 128 cm³/mol. The average Bonchev–Trinajstić information content (AvgIpc) is 3.21. The number of hydrogen-bond donors (Lipinski definition) is 1. The van der Waals surface area contributed by atoms with Crippen molar-refractivity contribution in [3.05, 3.63) is 35.5 Å². The number of hydrogen-bond acceptors (Lipinski definition) is 6. The molecule has 0 spiro atoms. The lowest BCUT2D eigenvalue weighted by Gasteiger charge is -2.49. The van der Waals surface area contributed by atoms with Crippen LogP contribution >= 0.6 is 11.3 Å². The fourth-order valence-electron chi connectivity index (χ4n) is 6.14. The van der Waals surface area contributed by atoms with Crippen LogP contribution < -0.4 is 0 Å². The number of piperidine rings is 1. The third-order valence-corrected chi connectivity index (χ3v) is 9.16. The summed E-state index contributed by atoms with van der Waals surface area (Å²) in [5.74, 6) is -0.0103. The van der Waals surface area contributed by atoms with Gasteiger partial charge in [0.2, 0.25) is 0 Å². The van der Waals surface area contributed by atoms with Gasteiger partial charge in [0.05, 0.1) is 34.1 Å². The monoisotopic (exact) mass is 454 g/mol. The lowest BCUT2D eigenvalue weighted by molar-refractivity contribution is -0.142. The van der Waals surface area contributed by atoms with E-state index in [-0.39, 0.29) is 29.6 Å². The van der Waals surface area contributed by atoms with Gasteiger partial charge in [0.25, 0.3) is 0 Å². The van der Waals surface area contributed by atoms with Gasteiger partial charge >= 0.3 is 0 Å². The van der Waals surface area contributed by atoms with Gasteiger partial charge in [-0.3, -0.25) is 9.69 Å². The molecule has 7 atom stereocenters. The molecule has 0 amide bonds. The highest BCUT2D eigenvalue weighted by Crippen LogP contribution is 2.44. The fourth-order valence-corrected chi connectivity index (χ4v) is 7.12. The largest absolute Gasteiger partial charge is 0.496 e. The molecule has 1 aromatic heterocycles. The van der Waals surface area contributed by atoms with E-state index >= 15 is 0 Å². The van der Waals surface area contributed by atoms with Gasteiger partial charge in [0, 0.05) is 24.5 Å². The van der Waals surface area contributed by atoms with Crippen molar-refractivity contribution in [3.8, 4) is 0 Å². The summed E-state index contributed by atoms with van der Waals surface area (Å²) in [5, 5.41) is 12.0. The minimum absolute atomic E-state index is 0.0567. The summed E-state index contributed by atoms with van der Waals surface area (Å²) in [7, 11) is 0. The summed E-state index contributed by atoms with van der Waals surface area (Å²) in [6, 6.07) is 8.98. The summed E-state index contributed by atoms with van der Waals surface area (Å²) < 4.78 is 7.38. The maximum atomic E-state index is 13.7. The summed E-state index contributed by atoms with van der Waals surface area (Å²) in [4.78, 5) is 20.9. The Morgan fingerprint density at radius 1 is 1.22 bits per heavy atom. The molecule has 32 heavy (non-hydrogen) atoms. The number of aliphatic hydroxyl groups is 1. The molecule has 1 saturated carbocycles. The van der Waals surface area contributed by atoms with Crippen molar-refractivity contribution in [1.29, 1.82) is 0 Å². The van der Waals surface area contributed by atoms with E-state index in [0.717, 1.165) is 28.2 Å². The number of aliphatic hydroxyl groups excluding tert-OH is 1. The van der Waals surface area contributed by atoms with Crippen LogP contribution in [-0.2, 0) is 9.53 Å². The van der Waals surface area contributed by atoms with Crippen molar-refractivity contribution in [2.75, 3.05) is 6.54 Å². The third-order valence-electron chi connectivity index (χ3n) is 8.09. The lowest BCUT2D eigenvalue weighted by Crippen LogP contribution is -2.57. The average molecular weight is 455 g/mol. The number of ketones is 1. The number of thiazole rings is 1. The Labute approximate surface area is 194 Å². The molecule has 2 aliphatic heterocycles. The molecule has 7 unspecified atom stereocenters. The van der Waals surface area contributed by atoms with Gasteiger partial charge in [-0.15, -0.1) is 11.3 Å². The first-order chi connectivity index (χ1) is 15.5. The maximum Gasteiger partial charge on any atom is 0.175 e. The van der Waals surface area contributed by atoms with Crippen molar-refractivity contribution >= 4 is 32.9 Å². The molecule has 5 nitrogen and oxygen atoms in total. The minimum atomic E-state index is -0.437. The Morgan fingerprint density at radius 3 is 2.69 bits per heavy atom. The fraction of sp³-hybridized carbons (Fsp3) is 0.615. The first-order valence-corrected chi connectivity index (χ1v) is 13.0. The number of ether oxygens (including phenoxy) is 1. The molecular formula is C26H34N2O3S. The number of para-hydroxylation sites is 1. The first kappa shape index (κ1) is 22.1. The number of benzene rings is 1. The number of fused-ring (bicyclic) bond motifs is 2. The molecule has 1 N–H and O–H groups in total. The number of carbonyl (C=O) groups excluding carboxylic acids is 1. The van der Waals surface area contributed by atoms with Crippen LogP contribution in [0.5, 0.6) is 0 Å². The van der Waals surface area contributed by atoms with Gasteiger partial charge in [0.15, 0.2) is 5.78 Å². The number of aromatic nitrogens is 1. The Morgan fingerprint density at radius 2 is 1.97 bits per heavy atom. The molecule has 3 aliphatic rings. The summed E-state index contributed by atoms with van der Waals surface area (Å²) in [6.07, 6.45) is 6.15. The summed E-state index contributed by atoms with van der Waals surface area (Å²) >= 11 is 1.55. The molecule has 5 rings (SSSR count). The second kappa shape index (κ2) is 8.88. The number of nitrogens with zero attached hydrogens (tertiary/aromatic N) is 2. The molecule has 1 saturated heterocycles. The second-order valence-electron chi connectivity index (χ2n) is 9.97. The van der Waals surface area contributed by atoms with E-state index in [1.54, 1.807) is 17.6 Å². The molecule has 172 valence electrons. The van der Waals surface area contributed by atoms with Crippen molar-refractivity contribution in [2.24, 2.45) is 17.8 Å². The first-order valence-electron chi connectivity index (χ1n) is 12.2. The van der Waals surface area contributed by atoms with Crippen LogP contribution in [0, 0.1) is 17.8 Å². The van der Waals surface area contributed by atoms with E-state index in [0.29, 0.717) is 24.1 Å². The number of carbonyl (C=O) groups is 1. The standard InChI is InChI=1S/C26H34N2O3S/c1-4-17-12-18-24(30)20(26-27-21-10-5-6-11-22(21)32-26)14-31-25(18)19(23(17)29)13-28-15(2)8-7-9-16(28)3/h5-6,10-11,14-19,23,25,29H,4,7-9,12-13H2,1-3H3. The van der Waals surface area contributed by atoms with Gasteiger partial charge in [-0.25, -0.2) is 4.98 Å². The van der Waals surface area contributed by atoms with E-state index in [4.69, 9.17) is 9.72 Å². The zero-order chi connectivity index (χ0) is 22.4. The molecule has 2 fully saturated rings. The van der Waals surface area contributed by atoms with Crippen LogP contribution in [0.25, 0.3) is 15.8 Å². The smallest absolute Gasteiger partial charge is 0.175 e. The highest BCUT2D eigenvalue weighted by atomic mass is 32.1. The lowest BCUT2D eigenvalue weighted by atomic mass is 9.67. The molecule has 0 radical (unpaired) electrons. The normalized spacial score (nSPS) is 35.9. The number of Topliss-reactive ketones (excluding diaryl/α,β-unsaturated/α-hetero) is 1. The minimum Gasteiger partial charge on any atom is -0.496 e. The highest BCUT2D eigenvalue weighted by Gasteiger charge is 2.50. The van der Waals surface area contributed by atoms with Crippen molar-refractivity contribution in [2.45, 2.75) is 77.2 Å². The Hall–Kier alpha value is -1.76. The van der Waals surface area contributed by atoms with Crippen LogP contribution in [0.4, 0.5) is 0 Å². The predicted octanol–water partition coefficient (Wildman–Crippen LogP) is 4.89.